The predicted octanol–water partition coefficient (Wildman–Crippen LogP) is 4.48. The van der Waals surface area contributed by atoms with Crippen molar-refractivity contribution in [1.29, 1.82) is 0 Å². The summed E-state index contributed by atoms with van der Waals surface area (Å²) in [6, 6.07) is 12.4. The monoisotopic (exact) mass is 350 g/mol. The Morgan fingerprint density at radius 2 is 1.96 bits per heavy atom. The lowest BCUT2D eigenvalue weighted by Gasteiger charge is -2.03. The van der Waals surface area contributed by atoms with Crippen LogP contribution in [-0.2, 0) is 17.8 Å². The number of hydrogen-bond donors (Lipinski definition) is 0. The van der Waals surface area contributed by atoms with Crippen molar-refractivity contribution in [3.05, 3.63) is 76.1 Å². The van der Waals surface area contributed by atoms with Gasteiger partial charge in [0.1, 0.15) is 0 Å². The van der Waals surface area contributed by atoms with Crippen LogP contribution >= 0.6 is 11.3 Å². The van der Waals surface area contributed by atoms with Crippen LogP contribution < -0.4 is 4.80 Å². The van der Waals surface area contributed by atoms with E-state index in [1.165, 1.54) is 16.7 Å². The fourth-order valence-electron chi connectivity index (χ4n) is 2.81. The zero-order chi connectivity index (χ0) is 18.0. The molecule has 3 aromatic rings. The van der Waals surface area contributed by atoms with Gasteiger partial charge in [0.2, 0.25) is 0 Å². The molecule has 2 aromatic carbocycles. The zero-order valence-corrected chi connectivity index (χ0v) is 15.7. The average Bonchev–Trinajstić information content (AvgIpc) is 2.88. The van der Waals surface area contributed by atoms with Gasteiger partial charge in [0, 0.05) is 6.54 Å². The van der Waals surface area contributed by atoms with E-state index < -0.39 is 0 Å². The zero-order valence-electron chi connectivity index (χ0n) is 14.9. The highest BCUT2D eigenvalue weighted by Crippen LogP contribution is 2.19. The summed E-state index contributed by atoms with van der Waals surface area (Å²) < 4.78 is 3.18. The molecule has 0 spiro atoms. The van der Waals surface area contributed by atoms with E-state index in [0.29, 0.717) is 13.0 Å². The molecule has 128 valence electrons. The molecule has 0 radical (unpaired) electrons. The highest BCUT2D eigenvalue weighted by Gasteiger charge is 2.08. The Balaban J connectivity index is 1.98. The van der Waals surface area contributed by atoms with Gasteiger partial charge in [-0.25, -0.2) is 0 Å². The van der Waals surface area contributed by atoms with E-state index in [1.807, 2.05) is 16.7 Å². The van der Waals surface area contributed by atoms with Gasteiger partial charge in [-0.15, -0.1) is 6.58 Å². The number of aromatic nitrogens is 1. The molecule has 0 aliphatic rings. The van der Waals surface area contributed by atoms with Crippen molar-refractivity contribution >= 4 is 27.5 Å². The van der Waals surface area contributed by atoms with Crippen LogP contribution in [0, 0.1) is 20.8 Å². The second-order valence-corrected chi connectivity index (χ2v) is 7.37. The molecule has 0 fully saturated rings. The first-order valence-corrected chi connectivity index (χ1v) is 9.14. The summed E-state index contributed by atoms with van der Waals surface area (Å²) in [5.74, 6) is -0.121. The van der Waals surface area contributed by atoms with E-state index in [-0.39, 0.29) is 5.91 Å². The van der Waals surface area contributed by atoms with Crippen LogP contribution in [0.15, 0.2) is 54.0 Å². The Kier molecular flexibility index (Phi) is 5.00. The number of carbonyl (C=O) groups excluding carboxylic acids is 1. The van der Waals surface area contributed by atoms with Gasteiger partial charge < -0.3 is 4.57 Å². The predicted molar refractivity (Wildman–Crippen MR) is 105 cm³/mol. The minimum atomic E-state index is -0.121. The number of carbonyl (C=O) groups is 1. The second kappa shape index (κ2) is 7.19. The van der Waals surface area contributed by atoms with Crippen molar-refractivity contribution in [2.45, 2.75) is 33.7 Å². The minimum absolute atomic E-state index is 0.121. The number of amides is 1. The summed E-state index contributed by atoms with van der Waals surface area (Å²) in [4.78, 5) is 17.6. The molecule has 0 atom stereocenters. The lowest BCUT2D eigenvalue weighted by molar-refractivity contribution is -0.117. The SMILES string of the molecule is C=CCn1c(=NC(=O)Cc2ccc(C)c(C)c2)sc2cc(C)ccc21. The van der Waals surface area contributed by atoms with Crippen LogP contribution in [0.3, 0.4) is 0 Å². The molecule has 3 nitrogen and oxygen atoms in total. The number of thiazole rings is 1. The third-order valence-electron chi connectivity index (χ3n) is 4.30. The largest absolute Gasteiger partial charge is 0.313 e. The van der Waals surface area contributed by atoms with E-state index in [2.05, 4.69) is 62.7 Å². The molecule has 0 saturated heterocycles. The Hall–Kier alpha value is -2.46. The Morgan fingerprint density at radius 1 is 1.16 bits per heavy atom. The lowest BCUT2D eigenvalue weighted by atomic mass is 10.0. The number of aryl methyl sites for hydroxylation is 3. The van der Waals surface area contributed by atoms with E-state index in [1.54, 1.807) is 11.3 Å². The number of fused-ring (bicyclic) bond motifs is 1. The first-order chi connectivity index (χ1) is 12.0. The van der Waals surface area contributed by atoms with Gasteiger partial charge in [0.15, 0.2) is 4.80 Å². The molecular formula is C21H22N2OS. The van der Waals surface area contributed by atoms with Crippen molar-refractivity contribution in [3.63, 3.8) is 0 Å². The van der Waals surface area contributed by atoms with Gasteiger partial charge in [-0.2, -0.15) is 4.99 Å². The van der Waals surface area contributed by atoms with Crippen molar-refractivity contribution in [3.8, 4) is 0 Å². The molecule has 1 amide bonds. The van der Waals surface area contributed by atoms with Crippen LogP contribution in [-0.4, -0.2) is 10.5 Å². The second-order valence-electron chi connectivity index (χ2n) is 6.36. The summed E-state index contributed by atoms with van der Waals surface area (Å²) in [6.45, 7) is 10.7. The molecule has 3 rings (SSSR count). The summed E-state index contributed by atoms with van der Waals surface area (Å²) in [5.41, 5.74) is 5.73. The van der Waals surface area contributed by atoms with Gasteiger partial charge in [0.25, 0.3) is 5.91 Å². The van der Waals surface area contributed by atoms with E-state index in [0.717, 1.165) is 20.6 Å². The number of benzene rings is 2. The Labute approximate surface area is 152 Å². The summed E-state index contributed by atoms with van der Waals surface area (Å²) in [7, 11) is 0. The molecule has 1 aromatic heterocycles. The van der Waals surface area contributed by atoms with Crippen LogP contribution in [0.4, 0.5) is 0 Å². The molecule has 0 N–H and O–H groups in total. The number of rotatable bonds is 4. The van der Waals surface area contributed by atoms with Crippen LogP contribution in [0.25, 0.3) is 10.2 Å². The van der Waals surface area contributed by atoms with Crippen molar-refractivity contribution in [2.75, 3.05) is 0 Å². The van der Waals surface area contributed by atoms with Crippen molar-refractivity contribution in [2.24, 2.45) is 4.99 Å². The van der Waals surface area contributed by atoms with Crippen LogP contribution in [0.2, 0.25) is 0 Å². The smallest absolute Gasteiger partial charge is 0.252 e. The van der Waals surface area contributed by atoms with E-state index in [4.69, 9.17) is 0 Å². The standard InChI is InChI=1S/C21H22N2OS/c1-5-10-23-18-9-6-14(2)11-19(18)25-21(23)22-20(24)13-17-8-7-15(3)16(4)12-17/h5-9,11-12H,1,10,13H2,2-4H3. The number of allylic oxidation sites excluding steroid dienone is 1. The Bertz CT molecular complexity index is 1020. The topological polar surface area (TPSA) is 34.4 Å². The third kappa shape index (κ3) is 3.80. The molecule has 0 unspecified atom stereocenters. The maximum Gasteiger partial charge on any atom is 0.252 e. The molecule has 0 saturated carbocycles. The molecular weight excluding hydrogens is 328 g/mol. The minimum Gasteiger partial charge on any atom is -0.313 e. The molecule has 0 aliphatic carbocycles. The molecule has 0 bridgehead atoms. The van der Waals surface area contributed by atoms with Gasteiger partial charge in [-0.3, -0.25) is 4.79 Å². The summed E-state index contributed by atoms with van der Waals surface area (Å²) in [5, 5.41) is 0. The third-order valence-corrected chi connectivity index (χ3v) is 5.34. The van der Waals surface area contributed by atoms with Crippen molar-refractivity contribution < 1.29 is 4.79 Å². The highest BCUT2D eigenvalue weighted by atomic mass is 32.1. The molecule has 1 heterocycles. The van der Waals surface area contributed by atoms with E-state index >= 15 is 0 Å². The summed E-state index contributed by atoms with van der Waals surface area (Å²) >= 11 is 1.55. The normalized spacial score (nSPS) is 11.9. The van der Waals surface area contributed by atoms with Gasteiger partial charge >= 0.3 is 0 Å². The van der Waals surface area contributed by atoms with Crippen LogP contribution in [0.1, 0.15) is 22.3 Å². The Morgan fingerprint density at radius 3 is 2.68 bits per heavy atom. The van der Waals surface area contributed by atoms with Gasteiger partial charge in [0.05, 0.1) is 16.6 Å². The van der Waals surface area contributed by atoms with Gasteiger partial charge in [-0.1, -0.05) is 41.7 Å². The maximum absolute atomic E-state index is 12.5. The van der Waals surface area contributed by atoms with Crippen LogP contribution in [0.5, 0.6) is 0 Å². The fourth-order valence-corrected chi connectivity index (χ4v) is 3.96. The summed E-state index contributed by atoms with van der Waals surface area (Å²) in [6.07, 6.45) is 2.15. The molecule has 4 heteroatoms. The molecule has 25 heavy (non-hydrogen) atoms. The lowest BCUT2D eigenvalue weighted by Crippen LogP contribution is -2.17. The average molecular weight is 350 g/mol. The molecule has 0 aliphatic heterocycles. The van der Waals surface area contributed by atoms with Gasteiger partial charge in [-0.05, 0) is 55.2 Å². The first kappa shape index (κ1) is 17.4. The first-order valence-electron chi connectivity index (χ1n) is 8.32. The quantitative estimate of drug-likeness (QED) is 0.639. The fraction of sp³-hybridized carbons (Fsp3) is 0.238. The van der Waals surface area contributed by atoms with E-state index in [9.17, 15) is 4.79 Å². The maximum atomic E-state index is 12.5. The number of nitrogens with zero attached hydrogens (tertiary/aromatic N) is 2. The number of hydrogen-bond acceptors (Lipinski definition) is 2. The highest BCUT2D eigenvalue weighted by molar-refractivity contribution is 7.16. The van der Waals surface area contributed by atoms with Crippen molar-refractivity contribution in [1.82, 2.24) is 4.57 Å².